The van der Waals surface area contributed by atoms with Crippen LogP contribution in [0.3, 0.4) is 0 Å². The van der Waals surface area contributed by atoms with E-state index in [9.17, 15) is 9.59 Å². The van der Waals surface area contributed by atoms with Crippen LogP contribution in [0, 0.1) is 0 Å². The molecule has 0 aliphatic carbocycles. The largest absolute Gasteiger partial charge is 0.469 e. The van der Waals surface area contributed by atoms with Crippen LogP contribution in [0.4, 0.5) is 0 Å². The smallest absolute Gasteiger partial charge is 0.330 e. The molecule has 17 heavy (non-hydrogen) atoms. The molecule has 0 saturated heterocycles. The van der Waals surface area contributed by atoms with Crippen molar-refractivity contribution in [3.8, 4) is 0 Å². The van der Waals surface area contributed by atoms with Gasteiger partial charge in [-0.1, -0.05) is 18.9 Å². The summed E-state index contributed by atoms with van der Waals surface area (Å²) < 4.78 is 9.29. The van der Waals surface area contributed by atoms with Gasteiger partial charge in [-0.05, 0) is 26.2 Å². The molecule has 0 aromatic heterocycles. The van der Waals surface area contributed by atoms with E-state index in [1.165, 1.54) is 13.2 Å². The number of allylic oxidation sites excluding steroid dienone is 1. The van der Waals surface area contributed by atoms with Crippen molar-refractivity contribution in [1.29, 1.82) is 0 Å². The number of hydrogen-bond acceptors (Lipinski definition) is 4. The Kier molecular flexibility index (Phi) is 10.3. The van der Waals surface area contributed by atoms with E-state index in [1.807, 2.05) is 6.08 Å². The Morgan fingerprint density at radius 2 is 1.82 bits per heavy atom. The van der Waals surface area contributed by atoms with E-state index < -0.39 is 0 Å². The van der Waals surface area contributed by atoms with Crippen molar-refractivity contribution in [3.05, 3.63) is 12.2 Å². The minimum absolute atomic E-state index is 0.146. The molecule has 4 nitrogen and oxygen atoms in total. The van der Waals surface area contributed by atoms with Gasteiger partial charge in [0.25, 0.3) is 0 Å². The fraction of sp³-hybridized carbons (Fsp3) is 0.692. The molecular formula is C13H22O4. The zero-order chi connectivity index (χ0) is 12.9. The number of ether oxygens (including phenoxy) is 2. The molecule has 0 aliphatic heterocycles. The van der Waals surface area contributed by atoms with E-state index in [-0.39, 0.29) is 11.9 Å². The average molecular weight is 242 g/mol. The predicted octanol–water partition coefficient (Wildman–Crippen LogP) is 2.62. The molecule has 0 aromatic rings. The topological polar surface area (TPSA) is 52.6 Å². The quantitative estimate of drug-likeness (QED) is 0.354. The number of carbonyl (C=O) groups is 2. The van der Waals surface area contributed by atoms with E-state index in [4.69, 9.17) is 4.74 Å². The second-order valence-electron chi connectivity index (χ2n) is 3.68. The molecular weight excluding hydrogens is 220 g/mol. The van der Waals surface area contributed by atoms with Gasteiger partial charge < -0.3 is 9.47 Å². The highest BCUT2D eigenvalue weighted by Crippen LogP contribution is 2.06. The highest BCUT2D eigenvalue weighted by molar-refractivity contribution is 5.81. The van der Waals surface area contributed by atoms with Crippen molar-refractivity contribution in [2.75, 3.05) is 13.7 Å². The van der Waals surface area contributed by atoms with Gasteiger partial charge in [0.1, 0.15) is 0 Å². The summed E-state index contributed by atoms with van der Waals surface area (Å²) in [7, 11) is 1.41. The molecule has 0 N–H and O–H groups in total. The molecule has 0 radical (unpaired) electrons. The minimum atomic E-state index is -0.279. The monoisotopic (exact) mass is 242 g/mol. The maximum absolute atomic E-state index is 10.9. The Morgan fingerprint density at radius 1 is 1.12 bits per heavy atom. The SMILES string of the molecule is CCOC(=O)C=CCCCCCCC(=O)OC. The Bertz CT molecular complexity index is 246. The molecule has 0 spiro atoms. The molecule has 0 unspecified atom stereocenters. The van der Waals surface area contributed by atoms with Crippen molar-refractivity contribution in [3.63, 3.8) is 0 Å². The maximum atomic E-state index is 10.9. The third kappa shape index (κ3) is 11.0. The summed E-state index contributed by atoms with van der Waals surface area (Å²) in [5, 5.41) is 0. The molecule has 0 saturated carbocycles. The number of hydrogen-bond donors (Lipinski definition) is 0. The van der Waals surface area contributed by atoms with E-state index in [0.717, 1.165) is 32.1 Å². The molecule has 4 heteroatoms. The third-order valence-corrected chi connectivity index (χ3v) is 2.27. The van der Waals surface area contributed by atoms with E-state index >= 15 is 0 Å². The van der Waals surface area contributed by atoms with Crippen LogP contribution in [0.5, 0.6) is 0 Å². The van der Waals surface area contributed by atoms with Crippen molar-refractivity contribution < 1.29 is 19.1 Å². The molecule has 0 aliphatic rings. The van der Waals surface area contributed by atoms with Gasteiger partial charge in [0.15, 0.2) is 0 Å². The van der Waals surface area contributed by atoms with Gasteiger partial charge in [-0.25, -0.2) is 4.79 Å². The minimum Gasteiger partial charge on any atom is -0.469 e. The Balaban J connectivity index is 3.29. The summed E-state index contributed by atoms with van der Waals surface area (Å²) in [6.45, 7) is 2.20. The fourth-order valence-corrected chi connectivity index (χ4v) is 1.36. The second kappa shape index (κ2) is 11.2. The second-order valence-corrected chi connectivity index (χ2v) is 3.68. The first kappa shape index (κ1) is 15.7. The lowest BCUT2D eigenvalue weighted by Crippen LogP contribution is -1.99. The van der Waals surface area contributed by atoms with Crippen LogP contribution in [0.15, 0.2) is 12.2 Å². The standard InChI is InChI=1S/C13H22O4/c1-3-17-13(15)11-9-7-5-4-6-8-10-12(14)16-2/h9,11H,3-8,10H2,1-2H3. The summed E-state index contributed by atoms with van der Waals surface area (Å²) >= 11 is 0. The zero-order valence-electron chi connectivity index (χ0n) is 10.7. The third-order valence-electron chi connectivity index (χ3n) is 2.27. The van der Waals surface area contributed by atoms with Crippen LogP contribution in [0.1, 0.15) is 45.4 Å². The number of rotatable bonds is 9. The fourth-order valence-electron chi connectivity index (χ4n) is 1.36. The van der Waals surface area contributed by atoms with Gasteiger partial charge >= 0.3 is 11.9 Å². The van der Waals surface area contributed by atoms with E-state index in [1.54, 1.807) is 6.92 Å². The number of methoxy groups -OCH3 is 1. The number of unbranched alkanes of at least 4 members (excludes halogenated alkanes) is 4. The van der Waals surface area contributed by atoms with Crippen LogP contribution in [0.25, 0.3) is 0 Å². The Hall–Kier alpha value is -1.32. The lowest BCUT2D eigenvalue weighted by Gasteiger charge is -1.99. The number of esters is 2. The lowest BCUT2D eigenvalue weighted by molar-refractivity contribution is -0.140. The molecule has 0 aromatic carbocycles. The van der Waals surface area contributed by atoms with E-state index in [0.29, 0.717) is 13.0 Å². The highest BCUT2D eigenvalue weighted by atomic mass is 16.5. The van der Waals surface area contributed by atoms with Crippen molar-refractivity contribution >= 4 is 11.9 Å². The maximum Gasteiger partial charge on any atom is 0.330 e. The highest BCUT2D eigenvalue weighted by Gasteiger charge is 1.98. The molecule has 98 valence electrons. The average Bonchev–Trinajstić information content (AvgIpc) is 2.32. The predicted molar refractivity (Wildman–Crippen MR) is 65.5 cm³/mol. The summed E-state index contributed by atoms with van der Waals surface area (Å²) in [5.41, 5.74) is 0. The Morgan fingerprint density at radius 3 is 2.47 bits per heavy atom. The van der Waals surface area contributed by atoms with Gasteiger partial charge in [-0.2, -0.15) is 0 Å². The number of carbonyl (C=O) groups excluding carboxylic acids is 2. The van der Waals surface area contributed by atoms with Crippen molar-refractivity contribution in [1.82, 2.24) is 0 Å². The van der Waals surface area contributed by atoms with Crippen molar-refractivity contribution in [2.24, 2.45) is 0 Å². The summed E-state index contributed by atoms with van der Waals surface area (Å²) in [4.78, 5) is 21.7. The summed E-state index contributed by atoms with van der Waals surface area (Å²) in [5.74, 6) is -0.426. The van der Waals surface area contributed by atoms with Gasteiger partial charge in [-0.3, -0.25) is 4.79 Å². The summed E-state index contributed by atoms with van der Waals surface area (Å²) in [6, 6.07) is 0. The first-order valence-electron chi connectivity index (χ1n) is 6.10. The van der Waals surface area contributed by atoms with Crippen molar-refractivity contribution in [2.45, 2.75) is 45.4 Å². The van der Waals surface area contributed by atoms with Crippen LogP contribution < -0.4 is 0 Å². The summed E-state index contributed by atoms with van der Waals surface area (Å²) in [6.07, 6.45) is 8.64. The van der Waals surface area contributed by atoms with Crippen LogP contribution in [-0.2, 0) is 19.1 Å². The van der Waals surface area contributed by atoms with Crippen LogP contribution >= 0.6 is 0 Å². The molecule has 0 bridgehead atoms. The van der Waals surface area contributed by atoms with Gasteiger partial charge in [0, 0.05) is 12.5 Å². The first-order valence-corrected chi connectivity index (χ1v) is 6.10. The lowest BCUT2D eigenvalue weighted by atomic mass is 10.1. The molecule has 0 rings (SSSR count). The zero-order valence-corrected chi connectivity index (χ0v) is 10.7. The molecule has 0 heterocycles. The van der Waals surface area contributed by atoms with Gasteiger partial charge in [-0.15, -0.1) is 0 Å². The van der Waals surface area contributed by atoms with Gasteiger partial charge in [0.05, 0.1) is 13.7 Å². The first-order chi connectivity index (χ1) is 8.20. The van der Waals surface area contributed by atoms with Crippen LogP contribution in [-0.4, -0.2) is 25.7 Å². The van der Waals surface area contributed by atoms with E-state index in [2.05, 4.69) is 4.74 Å². The van der Waals surface area contributed by atoms with Gasteiger partial charge in [0.2, 0.25) is 0 Å². The molecule has 0 amide bonds. The van der Waals surface area contributed by atoms with Crippen LogP contribution in [0.2, 0.25) is 0 Å². The molecule has 0 atom stereocenters. The molecule has 0 fully saturated rings. The Labute approximate surface area is 103 Å². The normalized spacial score (nSPS) is 10.5.